The van der Waals surface area contributed by atoms with Crippen LogP contribution in [0.3, 0.4) is 0 Å². The van der Waals surface area contributed by atoms with E-state index in [1.54, 1.807) is 0 Å². The highest BCUT2D eigenvalue weighted by Crippen LogP contribution is 2.42. The molecule has 2 aromatic heterocycles. The fourth-order valence-electron chi connectivity index (χ4n) is 5.10. The van der Waals surface area contributed by atoms with Gasteiger partial charge < -0.3 is 9.13 Å². The molecule has 4 aromatic carbocycles. The summed E-state index contributed by atoms with van der Waals surface area (Å²) in [5.41, 5.74) is 6.29. The van der Waals surface area contributed by atoms with Crippen LogP contribution in [0.5, 0.6) is 0 Å². The SMILES string of the molecule is CC(C)(C)n1c2ccccc2c2c3c4ccccc4n(-c4ccccc4)c3ccc21. The molecule has 0 fully saturated rings. The Morgan fingerprint density at radius 2 is 1.03 bits per heavy atom. The molecule has 0 saturated carbocycles. The first-order valence-corrected chi connectivity index (χ1v) is 10.6. The molecule has 0 aliphatic carbocycles. The summed E-state index contributed by atoms with van der Waals surface area (Å²) in [7, 11) is 0. The minimum Gasteiger partial charge on any atom is -0.335 e. The second-order valence-electron chi connectivity index (χ2n) is 9.07. The van der Waals surface area contributed by atoms with E-state index >= 15 is 0 Å². The van der Waals surface area contributed by atoms with Crippen molar-refractivity contribution in [1.82, 2.24) is 9.13 Å². The van der Waals surface area contributed by atoms with Crippen LogP contribution in [0.4, 0.5) is 0 Å². The lowest BCUT2D eigenvalue weighted by Gasteiger charge is -2.24. The van der Waals surface area contributed by atoms with E-state index in [0.717, 1.165) is 0 Å². The fourth-order valence-corrected chi connectivity index (χ4v) is 5.10. The molecule has 0 N–H and O–H groups in total. The van der Waals surface area contributed by atoms with E-state index in [9.17, 15) is 0 Å². The summed E-state index contributed by atoms with van der Waals surface area (Å²) in [6, 6.07) is 32.9. The number of fused-ring (bicyclic) bond motifs is 7. The van der Waals surface area contributed by atoms with Gasteiger partial charge in [0, 0.05) is 38.3 Å². The molecule has 0 bridgehead atoms. The molecule has 0 amide bonds. The van der Waals surface area contributed by atoms with Crippen LogP contribution in [-0.4, -0.2) is 9.13 Å². The Labute approximate surface area is 176 Å². The second-order valence-corrected chi connectivity index (χ2v) is 9.07. The first-order chi connectivity index (χ1) is 14.6. The topological polar surface area (TPSA) is 9.86 Å². The van der Waals surface area contributed by atoms with E-state index in [1.165, 1.54) is 49.3 Å². The second kappa shape index (κ2) is 5.99. The van der Waals surface area contributed by atoms with Crippen LogP contribution in [0, 0.1) is 0 Å². The minimum absolute atomic E-state index is 0.00711. The largest absolute Gasteiger partial charge is 0.335 e. The van der Waals surface area contributed by atoms with Gasteiger partial charge in [-0.05, 0) is 57.2 Å². The van der Waals surface area contributed by atoms with Crippen molar-refractivity contribution in [3.8, 4) is 5.69 Å². The Morgan fingerprint density at radius 3 is 1.73 bits per heavy atom. The molecule has 0 aliphatic rings. The zero-order valence-corrected chi connectivity index (χ0v) is 17.6. The lowest BCUT2D eigenvalue weighted by atomic mass is 10.1. The van der Waals surface area contributed by atoms with Gasteiger partial charge in [-0.1, -0.05) is 54.6 Å². The van der Waals surface area contributed by atoms with Gasteiger partial charge in [0.15, 0.2) is 0 Å². The first-order valence-electron chi connectivity index (χ1n) is 10.6. The number of nitrogens with zero attached hydrogens (tertiary/aromatic N) is 2. The summed E-state index contributed by atoms with van der Waals surface area (Å²) >= 11 is 0. The third-order valence-electron chi connectivity index (χ3n) is 6.16. The number of aromatic nitrogens is 2. The van der Waals surface area contributed by atoms with Crippen molar-refractivity contribution in [2.75, 3.05) is 0 Å². The van der Waals surface area contributed by atoms with E-state index in [0.29, 0.717) is 0 Å². The number of benzene rings is 4. The van der Waals surface area contributed by atoms with Crippen LogP contribution < -0.4 is 0 Å². The van der Waals surface area contributed by atoms with Gasteiger partial charge in [-0.2, -0.15) is 0 Å². The maximum Gasteiger partial charge on any atom is 0.0548 e. The molecule has 0 aliphatic heterocycles. The molecule has 146 valence electrons. The molecule has 0 atom stereocenters. The zero-order chi connectivity index (χ0) is 20.5. The van der Waals surface area contributed by atoms with Gasteiger partial charge in [0.1, 0.15) is 0 Å². The highest BCUT2D eigenvalue weighted by molar-refractivity contribution is 6.28. The molecule has 6 rings (SSSR count). The summed E-state index contributed by atoms with van der Waals surface area (Å²) in [6.07, 6.45) is 0. The normalized spacial score (nSPS) is 12.5. The minimum atomic E-state index is -0.00711. The highest BCUT2D eigenvalue weighted by Gasteiger charge is 2.23. The monoisotopic (exact) mass is 388 g/mol. The average Bonchev–Trinajstić information content (AvgIpc) is 3.27. The number of para-hydroxylation sites is 3. The Balaban J connectivity index is 1.92. The Kier molecular flexibility index (Phi) is 3.47. The zero-order valence-electron chi connectivity index (χ0n) is 17.6. The van der Waals surface area contributed by atoms with E-state index in [1.807, 2.05) is 0 Å². The van der Waals surface area contributed by atoms with E-state index in [-0.39, 0.29) is 5.54 Å². The summed E-state index contributed by atoms with van der Waals surface area (Å²) in [5, 5.41) is 5.32. The van der Waals surface area contributed by atoms with Crippen molar-refractivity contribution in [2.45, 2.75) is 26.3 Å². The smallest absolute Gasteiger partial charge is 0.0548 e. The molecule has 30 heavy (non-hydrogen) atoms. The van der Waals surface area contributed by atoms with Crippen LogP contribution in [0.2, 0.25) is 0 Å². The van der Waals surface area contributed by atoms with Crippen molar-refractivity contribution in [3.63, 3.8) is 0 Å². The third kappa shape index (κ3) is 2.25. The molecule has 2 heterocycles. The van der Waals surface area contributed by atoms with Gasteiger partial charge in [0.05, 0.1) is 16.6 Å². The van der Waals surface area contributed by atoms with Gasteiger partial charge in [-0.3, -0.25) is 0 Å². The fraction of sp³-hybridized carbons (Fsp3) is 0.143. The standard InChI is InChI=1S/C28H24N2/c1-28(2,3)30-23-16-10-8-14-21(23)27-25(30)18-17-24-26(27)20-13-7-9-15-22(20)29(24)19-11-5-4-6-12-19/h4-18H,1-3H3. The molecular weight excluding hydrogens is 364 g/mol. The highest BCUT2D eigenvalue weighted by atomic mass is 15.1. The maximum atomic E-state index is 2.49. The molecule has 2 nitrogen and oxygen atoms in total. The summed E-state index contributed by atoms with van der Waals surface area (Å²) in [4.78, 5) is 0. The van der Waals surface area contributed by atoms with Gasteiger partial charge in [-0.25, -0.2) is 0 Å². The average molecular weight is 389 g/mol. The summed E-state index contributed by atoms with van der Waals surface area (Å²) in [6.45, 7) is 6.86. The summed E-state index contributed by atoms with van der Waals surface area (Å²) in [5.74, 6) is 0. The van der Waals surface area contributed by atoms with Gasteiger partial charge in [-0.15, -0.1) is 0 Å². The number of hydrogen-bond donors (Lipinski definition) is 0. The van der Waals surface area contributed by atoms with Crippen LogP contribution in [-0.2, 0) is 5.54 Å². The van der Waals surface area contributed by atoms with Crippen molar-refractivity contribution in [3.05, 3.63) is 91.0 Å². The molecule has 0 unspecified atom stereocenters. The lowest BCUT2D eigenvalue weighted by molar-refractivity contribution is 0.423. The molecule has 0 spiro atoms. The van der Waals surface area contributed by atoms with E-state index in [2.05, 4.69) is 121 Å². The van der Waals surface area contributed by atoms with Crippen molar-refractivity contribution in [2.24, 2.45) is 0 Å². The Hall–Kier alpha value is -3.52. The van der Waals surface area contributed by atoms with Crippen LogP contribution >= 0.6 is 0 Å². The van der Waals surface area contributed by atoms with Crippen LogP contribution in [0.25, 0.3) is 49.3 Å². The maximum absolute atomic E-state index is 2.49. The first kappa shape index (κ1) is 17.3. The number of hydrogen-bond acceptors (Lipinski definition) is 0. The Bertz CT molecular complexity index is 1560. The molecule has 0 radical (unpaired) electrons. The molecular formula is C28H24N2. The Morgan fingerprint density at radius 1 is 0.500 bits per heavy atom. The van der Waals surface area contributed by atoms with Gasteiger partial charge in [0.2, 0.25) is 0 Å². The van der Waals surface area contributed by atoms with E-state index < -0.39 is 0 Å². The van der Waals surface area contributed by atoms with Crippen LogP contribution in [0.15, 0.2) is 91.0 Å². The number of rotatable bonds is 1. The van der Waals surface area contributed by atoms with Crippen molar-refractivity contribution >= 4 is 43.6 Å². The summed E-state index contributed by atoms with van der Waals surface area (Å²) < 4.78 is 4.89. The quantitative estimate of drug-likeness (QED) is 0.274. The van der Waals surface area contributed by atoms with Crippen molar-refractivity contribution < 1.29 is 0 Å². The third-order valence-corrected chi connectivity index (χ3v) is 6.16. The van der Waals surface area contributed by atoms with Crippen LogP contribution in [0.1, 0.15) is 20.8 Å². The molecule has 6 aromatic rings. The van der Waals surface area contributed by atoms with E-state index in [4.69, 9.17) is 0 Å². The molecule has 2 heteroatoms. The lowest BCUT2D eigenvalue weighted by Crippen LogP contribution is -2.21. The molecule has 0 saturated heterocycles. The predicted octanol–water partition coefficient (Wildman–Crippen LogP) is 7.65. The van der Waals surface area contributed by atoms with Gasteiger partial charge >= 0.3 is 0 Å². The van der Waals surface area contributed by atoms with Gasteiger partial charge in [0.25, 0.3) is 0 Å². The van der Waals surface area contributed by atoms with Crippen molar-refractivity contribution in [1.29, 1.82) is 0 Å². The predicted molar refractivity (Wildman–Crippen MR) is 129 cm³/mol.